The van der Waals surface area contributed by atoms with Crippen LogP contribution in [0, 0.1) is 0 Å². The lowest BCUT2D eigenvalue weighted by Gasteiger charge is -2.23. The number of carbonyl (C=O) groups is 2. The van der Waals surface area contributed by atoms with E-state index in [1.54, 1.807) is 6.92 Å². The molecule has 0 aromatic rings. The van der Waals surface area contributed by atoms with Crippen molar-refractivity contribution in [3.05, 3.63) is 12.3 Å². The van der Waals surface area contributed by atoms with Gasteiger partial charge in [0, 0.05) is 6.20 Å². The molecule has 0 aromatic heterocycles. The zero-order valence-corrected chi connectivity index (χ0v) is 7.77. The summed E-state index contributed by atoms with van der Waals surface area (Å²) in [6, 6.07) is -0.520. The number of carbonyl (C=O) groups excluding carboxylic acids is 2. The number of aliphatic hydroxyl groups excluding tert-OH is 1. The number of amides is 2. The lowest BCUT2D eigenvalue weighted by Crippen LogP contribution is -2.47. The zero-order valence-electron chi connectivity index (χ0n) is 7.77. The molecule has 6 heteroatoms. The number of esters is 1. The molecule has 0 saturated heterocycles. The Hall–Kier alpha value is -1.56. The van der Waals surface area contributed by atoms with Crippen molar-refractivity contribution in [2.75, 3.05) is 13.2 Å². The van der Waals surface area contributed by atoms with Gasteiger partial charge in [0.05, 0.1) is 6.61 Å². The second kappa shape index (κ2) is 4.61. The van der Waals surface area contributed by atoms with Crippen molar-refractivity contribution in [1.29, 1.82) is 0 Å². The van der Waals surface area contributed by atoms with Gasteiger partial charge in [-0.05, 0) is 13.0 Å². The molecule has 14 heavy (non-hydrogen) atoms. The van der Waals surface area contributed by atoms with Crippen LogP contribution in [0.5, 0.6) is 0 Å². The first-order valence-corrected chi connectivity index (χ1v) is 4.22. The Morgan fingerprint density at radius 3 is 3.07 bits per heavy atom. The van der Waals surface area contributed by atoms with Gasteiger partial charge < -0.3 is 15.2 Å². The molecule has 2 N–H and O–H groups in total. The molecular formula is C8H12N2O4. The van der Waals surface area contributed by atoms with Crippen molar-refractivity contribution in [2.24, 2.45) is 0 Å². The number of rotatable bonds is 3. The molecular weight excluding hydrogens is 188 g/mol. The molecule has 0 aliphatic carbocycles. The van der Waals surface area contributed by atoms with E-state index in [9.17, 15) is 9.59 Å². The predicted molar refractivity (Wildman–Crippen MR) is 47.0 cm³/mol. The van der Waals surface area contributed by atoms with Crippen LogP contribution in [-0.2, 0) is 9.53 Å². The van der Waals surface area contributed by atoms with Crippen molar-refractivity contribution in [3.63, 3.8) is 0 Å². The lowest BCUT2D eigenvalue weighted by molar-refractivity contribution is -0.143. The van der Waals surface area contributed by atoms with E-state index >= 15 is 0 Å². The van der Waals surface area contributed by atoms with Gasteiger partial charge in [0.25, 0.3) is 0 Å². The summed E-state index contributed by atoms with van der Waals surface area (Å²) in [5.74, 6) is -0.483. The van der Waals surface area contributed by atoms with Crippen molar-refractivity contribution in [2.45, 2.75) is 13.2 Å². The van der Waals surface area contributed by atoms with Gasteiger partial charge in [0.15, 0.2) is 0 Å². The molecule has 1 heterocycles. The van der Waals surface area contributed by atoms with Crippen LogP contribution in [0.15, 0.2) is 12.3 Å². The Bertz CT molecular complexity index is 264. The van der Waals surface area contributed by atoms with E-state index in [1.807, 2.05) is 0 Å². The van der Waals surface area contributed by atoms with Gasteiger partial charge in [-0.1, -0.05) is 0 Å². The molecule has 1 rings (SSSR count). The fourth-order valence-corrected chi connectivity index (χ4v) is 0.981. The molecule has 0 saturated carbocycles. The van der Waals surface area contributed by atoms with Crippen molar-refractivity contribution in [1.82, 2.24) is 10.2 Å². The quantitative estimate of drug-likeness (QED) is 0.597. The Balaban J connectivity index is 2.48. The van der Waals surface area contributed by atoms with Crippen molar-refractivity contribution in [3.8, 4) is 0 Å². The molecule has 0 fully saturated rings. The monoisotopic (exact) mass is 200 g/mol. The molecule has 0 bridgehead atoms. The molecule has 2 amide bonds. The smallest absolute Gasteiger partial charge is 0.326 e. The highest BCUT2D eigenvalue weighted by molar-refractivity contribution is 5.82. The van der Waals surface area contributed by atoms with E-state index in [2.05, 4.69) is 10.1 Å². The fraction of sp³-hybridized carbons (Fsp3) is 0.500. The maximum absolute atomic E-state index is 11.1. The first-order chi connectivity index (χ1) is 6.63. The number of urea groups is 1. The maximum Gasteiger partial charge on any atom is 0.326 e. The summed E-state index contributed by atoms with van der Waals surface area (Å²) in [5.41, 5.74) is 0. The summed E-state index contributed by atoms with van der Waals surface area (Å²) >= 11 is 0. The second-order valence-electron chi connectivity index (χ2n) is 2.67. The first kappa shape index (κ1) is 10.5. The van der Waals surface area contributed by atoms with Gasteiger partial charge in [-0.25, -0.2) is 4.79 Å². The predicted octanol–water partition coefficient (Wildman–Crippen LogP) is -0.593. The van der Waals surface area contributed by atoms with Crippen LogP contribution in [0.1, 0.15) is 6.92 Å². The van der Waals surface area contributed by atoms with E-state index in [0.717, 1.165) is 4.90 Å². The summed E-state index contributed by atoms with van der Waals surface area (Å²) in [6.45, 7) is 1.82. The SMILES string of the molecule is CCOC(=O)CN1C=CC(O)NC1=O. The number of nitrogens with zero attached hydrogens (tertiary/aromatic N) is 1. The highest BCUT2D eigenvalue weighted by atomic mass is 16.5. The third-order valence-corrected chi connectivity index (χ3v) is 1.59. The Kier molecular flexibility index (Phi) is 3.47. The van der Waals surface area contributed by atoms with Crippen LogP contribution in [0.4, 0.5) is 4.79 Å². The highest BCUT2D eigenvalue weighted by Crippen LogP contribution is 2.00. The van der Waals surface area contributed by atoms with E-state index < -0.39 is 18.2 Å². The minimum absolute atomic E-state index is 0.150. The minimum Gasteiger partial charge on any atom is -0.465 e. The molecule has 0 spiro atoms. The van der Waals surface area contributed by atoms with Crippen molar-refractivity contribution >= 4 is 12.0 Å². The molecule has 0 aromatic carbocycles. The largest absolute Gasteiger partial charge is 0.465 e. The zero-order chi connectivity index (χ0) is 10.6. The van der Waals surface area contributed by atoms with E-state index in [4.69, 9.17) is 5.11 Å². The van der Waals surface area contributed by atoms with Crippen LogP contribution >= 0.6 is 0 Å². The van der Waals surface area contributed by atoms with Gasteiger partial charge in [-0.3, -0.25) is 9.69 Å². The van der Waals surface area contributed by atoms with Crippen LogP contribution in [0.3, 0.4) is 0 Å². The summed E-state index contributed by atoms with van der Waals surface area (Å²) in [5, 5.41) is 11.2. The topological polar surface area (TPSA) is 78.9 Å². The molecule has 1 unspecified atom stereocenters. The highest BCUT2D eigenvalue weighted by Gasteiger charge is 2.20. The number of aliphatic hydroxyl groups is 1. The molecule has 6 nitrogen and oxygen atoms in total. The summed E-state index contributed by atoms with van der Waals surface area (Å²) in [4.78, 5) is 23.3. The molecule has 1 atom stereocenters. The van der Waals surface area contributed by atoms with Gasteiger partial charge in [-0.15, -0.1) is 0 Å². The van der Waals surface area contributed by atoms with Crippen LogP contribution < -0.4 is 5.32 Å². The van der Waals surface area contributed by atoms with E-state index in [-0.39, 0.29) is 13.2 Å². The lowest BCUT2D eigenvalue weighted by atomic mass is 10.4. The number of nitrogens with one attached hydrogen (secondary N) is 1. The molecule has 1 aliphatic rings. The van der Waals surface area contributed by atoms with Crippen molar-refractivity contribution < 1.29 is 19.4 Å². The number of hydrogen-bond acceptors (Lipinski definition) is 4. The first-order valence-electron chi connectivity index (χ1n) is 4.22. The van der Waals surface area contributed by atoms with Gasteiger partial charge in [-0.2, -0.15) is 0 Å². The molecule has 0 radical (unpaired) electrons. The Morgan fingerprint density at radius 1 is 1.79 bits per heavy atom. The van der Waals surface area contributed by atoms with Crippen LogP contribution in [-0.4, -0.2) is 41.4 Å². The second-order valence-corrected chi connectivity index (χ2v) is 2.67. The van der Waals surface area contributed by atoms with Crippen LogP contribution in [0.2, 0.25) is 0 Å². The summed E-state index contributed by atoms with van der Waals surface area (Å²) in [7, 11) is 0. The summed E-state index contributed by atoms with van der Waals surface area (Å²) < 4.78 is 4.66. The maximum atomic E-state index is 11.1. The number of ether oxygens (including phenoxy) is 1. The van der Waals surface area contributed by atoms with E-state index in [1.165, 1.54) is 12.3 Å². The third-order valence-electron chi connectivity index (χ3n) is 1.59. The Morgan fingerprint density at radius 2 is 2.50 bits per heavy atom. The van der Waals surface area contributed by atoms with Gasteiger partial charge in [0.2, 0.25) is 0 Å². The van der Waals surface area contributed by atoms with Gasteiger partial charge in [0.1, 0.15) is 12.8 Å². The van der Waals surface area contributed by atoms with E-state index in [0.29, 0.717) is 0 Å². The third kappa shape index (κ3) is 2.74. The fourth-order valence-electron chi connectivity index (χ4n) is 0.981. The number of hydrogen-bond donors (Lipinski definition) is 2. The average Bonchev–Trinajstić information content (AvgIpc) is 2.10. The van der Waals surface area contributed by atoms with Gasteiger partial charge >= 0.3 is 12.0 Å². The average molecular weight is 200 g/mol. The normalized spacial score (nSPS) is 20.6. The standard InChI is InChI=1S/C8H12N2O4/c1-2-14-7(12)5-10-4-3-6(11)9-8(10)13/h3-4,6,11H,2,5H2,1H3,(H,9,13). The summed E-state index contributed by atoms with van der Waals surface area (Å²) in [6.07, 6.45) is 1.72. The minimum atomic E-state index is -0.985. The van der Waals surface area contributed by atoms with Crippen LogP contribution in [0.25, 0.3) is 0 Å². The molecule has 1 aliphatic heterocycles. The molecule has 78 valence electrons. The Labute approximate surface area is 81.1 Å².